The second-order valence-electron chi connectivity index (χ2n) is 5.91. The minimum atomic E-state index is 0.137. The Morgan fingerprint density at radius 1 is 1.36 bits per heavy atom. The van der Waals surface area contributed by atoms with Crippen LogP contribution in [0.5, 0.6) is 0 Å². The first kappa shape index (κ1) is 11.5. The van der Waals surface area contributed by atoms with Gasteiger partial charge in [-0.2, -0.15) is 0 Å². The van der Waals surface area contributed by atoms with E-state index in [0.717, 1.165) is 6.54 Å². The van der Waals surface area contributed by atoms with Crippen LogP contribution >= 0.6 is 0 Å². The van der Waals surface area contributed by atoms with E-state index < -0.39 is 0 Å². The predicted molar refractivity (Wildman–Crippen MR) is 59.0 cm³/mol. The normalized spacial score (nSPS) is 17.3. The maximum Gasteiger partial charge on any atom is 0.225 e. The molecule has 0 aromatic carbocycles. The van der Waals surface area contributed by atoms with Crippen molar-refractivity contribution in [3.63, 3.8) is 0 Å². The fourth-order valence-electron chi connectivity index (χ4n) is 1.62. The number of hydrogen-bond acceptors (Lipinski definition) is 1. The zero-order chi connectivity index (χ0) is 10.9. The van der Waals surface area contributed by atoms with E-state index in [1.54, 1.807) is 0 Å². The molecule has 0 unspecified atom stereocenters. The van der Waals surface area contributed by atoms with Crippen LogP contribution in [0.1, 0.15) is 47.5 Å². The lowest BCUT2D eigenvalue weighted by atomic mass is 9.95. The fraction of sp³-hybridized carbons (Fsp3) is 0.917. The summed E-state index contributed by atoms with van der Waals surface area (Å²) < 4.78 is 0. The summed E-state index contributed by atoms with van der Waals surface area (Å²) in [5, 5.41) is 0. The van der Waals surface area contributed by atoms with Crippen molar-refractivity contribution in [2.24, 2.45) is 11.3 Å². The maximum absolute atomic E-state index is 11.9. The van der Waals surface area contributed by atoms with E-state index in [0.29, 0.717) is 11.9 Å². The lowest BCUT2D eigenvalue weighted by Gasteiger charge is -2.31. The van der Waals surface area contributed by atoms with Crippen molar-refractivity contribution in [1.82, 2.24) is 4.90 Å². The second kappa shape index (κ2) is 3.92. The first-order valence-corrected chi connectivity index (χ1v) is 5.62. The van der Waals surface area contributed by atoms with Crippen LogP contribution in [0.25, 0.3) is 0 Å². The van der Waals surface area contributed by atoms with Gasteiger partial charge in [0, 0.05) is 18.5 Å². The molecule has 14 heavy (non-hydrogen) atoms. The molecule has 0 aromatic heterocycles. The Bertz CT molecular complexity index is 211. The number of nitrogens with zero attached hydrogens (tertiary/aromatic N) is 1. The van der Waals surface area contributed by atoms with Crippen LogP contribution in [0, 0.1) is 11.3 Å². The van der Waals surface area contributed by atoms with Crippen LogP contribution in [-0.4, -0.2) is 23.4 Å². The summed E-state index contributed by atoms with van der Waals surface area (Å²) >= 11 is 0. The van der Waals surface area contributed by atoms with E-state index in [9.17, 15) is 4.79 Å². The fourth-order valence-corrected chi connectivity index (χ4v) is 1.62. The summed E-state index contributed by atoms with van der Waals surface area (Å²) in [6, 6.07) is 0.545. The molecule has 82 valence electrons. The molecule has 0 radical (unpaired) electrons. The Morgan fingerprint density at radius 3 is 2.14 bits per heavy atom. The highest BCUT2D eigenvalue weighted by Crippen LogP contribution is 2.31. The molecular weight excluding hydrogens is 174 g/mol. The van der Waals surface area contributed by atoms with E-state index in [4.69, 9.17) is 0 Å². The molecule has 0 atom stereocenters. The average Bonchev–Trinajstić information content (AvgIpc) is 2.79. The molecule has 0 heterocycles. The molecule has 0 spiro atoms. The number of carbonyl (C=O) groups is 1. The Morgan fingerprint density at radius 2 is 1.86 bits per heavy atom. The first-order valence-electron chi connectivity index (χ1n) is 5.62. The van der Waals surface area contributed by atoms with Crippen molar-refractivity contribution >= 4 is 5.91 Å². The average molecular weight is 197 g/mol. The Kier molecular flexibility index (Phi) is 3.23. The highest BCUT2D eigenvalue weighted by molar-refractivity contribution is 5.78. The highest BCUT2D eigenvalue weighted by Gasteiger charge is 2.35. The lowest BCUT2D eigenvalue weighted by Crippen LogP contribution is -2.41. The van der Waals surface area contributed by atoms with Gasteiger partial charge in [-0.3, -0.25) is 4.79 Å². The van der Waals surface area contributed by atoms with Crippen LogP contribution in [0.15, 0.2) is 0 Å². The smallest absolute Gasteiger partial charge is 0.225 e. The van der Waals surface area contributed by atoms with E-state index in [2.05, 4.69) is 25.7 Å². The van der Waals surface area contributed by atoms with Gasteiger partial charge < -0.3 is 4.90 Å². The molecule has 1 rings (SSSR count). The van der Waals surface area contributed by atoms with Gasteiger partial charge in [0.2, 0.25) is 5.91 Å². The van der Waals surface area contributed by atoms with Gasteiger partial charge in [-0.05, 0) is 18.3 Å². The molecule has 0 saturated heterocycles. The Labute approximate surface area is 87.7 Å². The van der Waals surface area contributed by atoms with Crippen LogP contribution < -0.4 is 0 Å². The molecule has 1 aliphatic carbocycles. The number of hydrogen-bond donors (Lipinski definition) is 0. The lowest BCUT2D eigenvalue weighted by molar-refractivity contribution is -0.136. The summed E-state index contributed by atoms with van der Waals surface area (Å²) in [4.78, 5) is 14.0. The molecule has 1 amide bonds. The third-order valence-corrected chi connectivity index (χ3v) is 2.41. The summed E-state index contributed by atoms with van der Waals surface area (Å²) in [5.74, 6) is 0.459. The monoisotopic (exact) mass is 197 g/mol. The van der Waals surface area contributed by atoms with E-state index >= 15 is 0 Å². The van der Waals surface area contributed by atoms with Gasteiger partial charge in [0.15, 0.2) is 0 Å². The summed E-state index contributed by atoms with van der Waals surface area (Å²) in [7, 11) is 0. The quantitative estimate of drug-likeness (QED) is 0.681. The largest absolute Gasteiger partial charge is 0.339 e. The highest BCUT2D eigenvalue weighted by atomic mass is 16.2. The van der Waals surface area contributed by atoms with Crippen molar-refractivity contribution in [1.29, 1.82) is 0 Å². The molecule has 0 aromatic rings. The number of amides is 1. The molecular formula is C12H23NO. The topological polar surface area (TPSA) is 20.3 Å². The van der Waals surface area contributed by atoms with Gasteiger partial charge in [-0.25, -0.2) is 0 Å². The summed E-state index contributed by atoms with van der Waals surface area (Å²) in [6.07, 6.45) is 2.41. The van der Waals surface area contributed by atoms with Crippen molar-refractivity contribution in [2.75, 3.05) is 6.54 Å². The van der Waals surface area contributed by atoms with E-state index in [1.165, 1.54) is 12.8 Å². The van der Waals surface area contributed by atoms with Crippen LogP contribution in [-0.2, 0) is 4.79 Å². The third kappa shape index (κ3) is 3.32. The third-order valence-electron chi connectivity index (χ3n) is 2.41. The van der Waals surface area contributed by atoms with E-state index in [1.807, 2.05) is 13.8 Å². The van der Waals surface area contributed by atoms with Crippen molar-refractivity contribution < 1.29 is 4.79 Å². The van der Waals surface area contributed by atoms with Gasteiger partial charge >= 0.3 is 0 Å². The summed E-state index contributed by atoms with van der Waals surface area (Å²) in [6.45, 7) is 11.4. The van der Waals surface area contributed by atoms with E-state index in [-0.39, 0.29) is 11.3 Å². The van der Waals surface area contributed by atoms with Gasteiger partial charge in [0.1, 0.15) is 0 Å². The first-order chi connectivity index (χ1) is 6.31. The SMILES string of the molecule is CC(C)C(=O)N(CC(C)(C)C)C1CC1. The zero-order valence-corrected chi connectivity index (χ0v) is 10.1. The maximum atomic E-state index is 11.9. The van der Waals surface area contributed by atoms with Gasteiger partial charge in [0.05, 0.1) is 0 Å². The van der Waals surface area contributed by atoms with Crippen LogP contribution in [0.2, 0.25) is 0 Å². The number of rotatable bonds is 3. The predicted octanol–water partition coefficient (Wildman–Crippen LogP) is 2.68. The Hall–Kier alpha value is -0.530. The minimum absolute atomic E-state index is 0.137. The molecule has 0 N–H and O–H groups in total. The summed E-state index contributed by atoms with van der Waals surface area (Å²) in [5.41, 5.74) is 0.215. The molecule has 0 aliphatic heterocycles. The molecule has 1 aliphatic rings. The molecule has 2 nitrogen and oxygen atoms in total. The molecule has 1 saturated carbocycles. The standard InChI is InChI=1S/C12H23NO/c1-9(2)11(14)13(10-6-7-10)8-12(3,4)5/h9-10H,6-8H2,1-5H3. The van der Waals surface area contributed by atoms with Crippen molar-refractivity contribution in [2.45, 2.75) is 53.5 Å². The van der Waals surface area contributed by atoms with Gasteiger partial charge in [0.25, 0.3) is 0 Å². The van der Waals surface area contributed by atoms with Crippen LogP contribution in [0.4, 0.5) is 0 Å². The van der Waals surface area contributed by atoms with Crippen LogP contribution in [0.3, 0.4) is 0 Å². The second-order valence-corrected chi connectivity index (χ2v) is 5.91. The van der Waals surface area contributed by atoms with Crippen molar-refractivity contribution in [3.8, 4) is 0 Å². The van der Waals surface area contributed by atoms with Gasteiger partial charge in [-0.1, -0.05) is 34.6 Å². The Balaban J connectivity index is 2.60. The molecule has 1 fully saturated rings. The molecule has 2 heteroatoms. The minimum Gasteiger partial charge on any atom is -0.339 e. The van der Waals surface area contributed by atoms with Gasteiger partial charge in [-0.15, -0.1) is 0 Å². The molecule has 0 bridgehead atoms. The zero-order valence-electron chi connectivity index (χ0n) is 10.1. The van der Waals surface area contributed by atoms with Crippen molar-refractivity contribution in [3.05, 3.63) is 0 Å². The number of carbonyl (C=O) groups excluding carboxylic acids is 1.